The lowest BCUT2D eigenvalue weighted by molar-refractivity contribution is 0.643. The van der Waals surface area contributed by atoms with Crippen LogP contribution in [-0.4, -0.2) is 16.3 Å². The molecular weight excluding hydrogens is 873 g/mol. The van der Waals surface area contributed by atoms with Crippen LogP contribution < -0.4 is 10.2 Å². The van der Waals surface area contributed by atoms with Crippen LogP contribution in [0.2, 0.25) is 0 Å². The Labute approximate surface area is 421 Å². The van der Waals surface area contributed by atoms with Gasteiger partial charge in [-0.1, -0.05) is 225 Å². The molecule has 8 aromatic carbocycles. The van der Waals surface area contributed by atoms with Crippen LogP contribution in [-0.2, 0) is 13.0 Å². The Kier molecular flexibility index (Phi) is 11.0. The van der Waals surface area contributed by atoms with Gasteiger partial charge in [0.15, 0.2) is 0 Å². The zero-order valence-corrected chi connectivity index (χ0v) is 39.9. The topological polar surface area (TPSA) is 44.1 Å². The largest absolute Gasteiger partial charge is 0.380 e. The SMILES string of the molecule is N=C(/C=C(\NCc1ccc(C2=C3C=CC=CC3C(N3c4ccccc4-c4c(n(-c5ccccc5-c5ccccc5)c5ccccc45)-c4ccccc43)C=C2)c2c1CCC=C2)c1ccccc1)c1ccccc1. The average Bonchev–Trinajstić information content (AvgIpc) is 3.73. The second-order valence-corrected chi connectivity index (χ2v) is 19.0. The fourth-order valence-electron chi connectivity index (χ4n) is 11.7. The van der Waals surface area contributed by atoms with Gasteiger partial charge in [-0.15, -0.1) is 0 Å². The Morgan fingerprint density at radius 2 is 1.22 bits per heavy atom. The minimum absolute atomic E-state index is 0.0137. The molecule has 0 radical (unpaired) electrons. The highest BCUT2D eigenvalue weighted by atomic mass is 15.2. The number of nitrogens with zero attached hydrogens (tertiary/aromatic N) is 2. The molecule has 13 rings (SSSR count). The smallest absolute Gasteiger partial charge is 0.0641 e. The van der Waals surface area contributed by atoms with Gasteiger partial charge < -0.3 is 20.2 Å². The third-order valence-corrected chi connectivity index (χ3v) is 15.0. The van der Waals surface area contributed by atoms with E-state index in [9.17, 15) is 0 Å². The van der Waals surface area contributed by atoms with E-state index in [-0.39, 0.29) is 12.0 Å². The first-order chi connectivity index (χ1) is 35.7. The molecule has 1 aromatic heterocycles. The Morgan fingerprint density at radius 3 is 2.01 bits per heavy atom. The van der Waals surface area contributed by atoms with Crippen molar-refractivity contribution in [1.82, 2.24) is 9.88 Å². The Bertz CT molecular complexity index is 3770. The van der Waals surface area contributed by atoms with Crippen molar-refractivity contribution in [2.75, 3.05) is 4.90 Å². The van der Waals surface area contributed by atoms with E-state index in [4.69, 9.17) is 5.41 Å². The lowest BCUT2D eigenvalue weighted by Gasteiger charge is -2.41. The van der Waals surface area contributed by atoms with Gasteiger partial charge in [0.25, 0.3) is 0 Å². The molecule has 2 atom stereocenters. The van der Waals surface area contributed by atoms with Crippen molar-refractivity contribution >= 4 is 45.3 Å². The van der Waals surface area contributed by atoms with E-state index in [1.54, 1.807) is 0 Å². The van der Waals surface area contributed by atoms with Gasteiger partial charge in [0.05, 0.1) is 34.3 Å². The molecule has 2 N–H and O–H groups in total. The molecule has 344 valence electrons. The quantitative estimate of drug-likeness (QED) is 0.134. The van der Waals surface area contributed by atoms with E-state index in [0.717, 1.165) is 35.4 Å². The van der Waals surface area contributed by atoms with Crippen molar-refractivity contribution in [3.05, 3.63) is 288 Å². The van der Waals surface area contributed by atoms with Gasteiger partial charge in [-0.05, 0) is 93.3 Å². The lowest BCUT2D eigenvalue weighted by Crippen LogP contribution is -2.38. The first kappa shape index (κ1) is 43.1. The lowest BCUT2D eigenvalue weighted by atomic mass is 9.76. The molecule has 3 aliphatic carbocycles. The second kappa shape index (κ2) is 18.4. The van der Waals surface area contributed by atoms with Crippen molar-refractivity contribution < 1.29 is 0 Å². The van der Waals surface area contributed by atoms with E-state index in [2.05, 4.69) is 227 Å². The molecule has 0 amide bonds. The number of anilines is 2. The van der Waals surface area contributed by atoms with Crippen LogP contribution in [0.15, 0.2) is 254 Å². The summed E-state index contributed by atoms with van der Waals surface area (Å²) in [4.78, 5) is 2.63. The third kappa shape index (κ3) is 7.43. The molecule has 2 heterocycles. The van der Waals surface area contributed by atoms with Gasteiger partial charge in [-0.3, -0.25) is 0 Å². The first-order valence-corrected chi connectivity index (χ1v) is 25.2. The molecule has 72 heavy (non-hydrogen) atoms. The highest BCUT2D eigenvalue weighted by Crippen LogP contribution is 2.55. The Morgan fingerprint density at radius 1 is 0.569 bits per heavy atom. The standard InChI is InChI=1S/C68H52N4/c69-60(47-24-6-2-7-25-47)44-61(48-26-8-3-9-27-48)70-45-49-40-41-54(52-30-11-10-28-50(49)52)55-42-43-66(56-32-13-12-31-53(55)56)71-63-37-19-15-33-57(63)67-58-34-16-20-38-64(58)72(68(67)59-35-17-21-39-65(59)71)62-36-18-14-29-51(62)46-22-4-1-5-23-46/h1-9,11-27,29-44,56,66,69-70H,10,28,45H2/b61-44-,69-60?. The summed E-state index contributed by atoms with van der Waals surface area (Å²) in [7, 11) is 0. The number of allylic oxidation sites excluding steroid dienone is 7. The van der Waals surface area contributed by atoms with Crippen LogP contribution in [0.1, 0.15) is 39.8 Å². The molecule has 0 saturated carbocycles. The summed E-state index contributed by atoms with van der Waals surface area (Å²) in [5.74, 6) is 0.0781. The predicted octanol–water partition coefficient (Wildman–Crippen LogP) is 16.4. The van der Waals surface area contributed by atoms with E-state index in [0.29, 0.717) is 12.3 Å². The molecular formula is C68H52N4. The summed E-state index contributed by atoms with van der Waals surface area (Å²) < 4.78 is 2.53. The van der Waals surface area contributed by atoms with Gasteiger partial charge in [0.2, 0.25) is 0 Å². The van der Waals surface area contributed by atoms with Crippen LogP contribution >= 0.6 is 0 Å². The number of fused-ring (bicyclic) bond motifs is 9. The van der Waals surface area contributed by atoms with E-state index >= 15 is 0 Å². The summed E-state index contributed by atoms with van der Waals surface area (Å²) in [5.41, 5.74) is 23.2. The molecule has 2 unspecified atom stereocenters. The first-order valence-electron chi connectivity index (χ1n) is 25.2. The second-order valence-electron chi connectivity index (χ2n) is 19.0. The summed E-state index contributed by atoms with van der Waals surface area (Å²) in [6.45, 7) is 0.653. The average molecular weight is 925 g/mol. The normalized spacial score (nSPS) is 16.4. The highest BCUT2D eigenvalue weighted by Gasteiger charge is 2.38. The molecule has 0 spiro atoms. The maximum atomic E-state index is 9.00. The molecule has 9 aromatic rings. The van der Waals surface area contributed by atoms with Crippen molar-refractivity contribution in [3.8, 4) is 39.2 Å². The van der Waals surface area contributed by atoms with Crippen molar-refractivity contribution in [3.63, 3.8) is 0 Å². The Hall–Kier alpha value is -8.99. The third-order valence-electron chi connectivity index (χ3n) is 15.0. The summed E-state index contributed by atoms with van der Waals surface area (Å²) in [5, 5.41) is 14.0. The summed E-state index contributed by atoms with van der Waals surface area (Å²) >= 11 is 0. The monoisotopic (exact) mass is 924 g/mol. The van der Waals surface area contributed by atoms with E-state index in [1.165, 1.54) is 89.2 Å². The summed E-state index contributed by atoms with van der Waals surface area (Å²) in [6, 6.07) is 71.8. The fraction of sp³-hybridized carbons (Fsp3) is 0.0735. The van der Waals surface area contributed by atoms with Gasteiger partial charge >= 0.3 is 0 Å². The molecule has 4 nitrogen and oxygen atoms in total. The van der Waals surface area contributed by atoms with Gasteiger partial charge in [0.1, 0.15) is 0 Å². The van der Waals surface area contributed by atoms with Crippen LogP contribution in [0.4, 0.5) is 11.4 Å². The number of rotatable bonds is 10. The molecule has 0 bridgehead atoms. The predicted molar refractivity (Wildman–Crippen MR) is 302 cm³/mol. The minimum atomic E-state index is -0.0137. The van der Waals surface area contributed by atoms with Crippen LogP contribution in [0.25, 0.3) is 67.4 Å². The van der Waals surface area contributed by atoms with Crippen molar-refractivity contribution in [2.45, 2.75) is 25.4 Å². The maximum absolute atomic E-state index is 9.00. The minimum Gasteiger partial charge on any atom is -0.380 e. The van der Waals surface area contributed by atoms with Gasteiger partial charge in [0, 0.05) is 51.5 Å². The number of nitrogens with one attached hydrogen (secondary N) is 2. The number of hydrogen-bond acceptors (Lipinski definition) is 3. The van der Waals surface area contributed by atoms with Crippen LogP contribution in [0.5, 0.6) is 0 Å². The van der Waals surface area contributed by atoms with Crippen LogP contribution in [0.3, 0.4) is 0 Å². The van der Waals surface area contributed by atoms with Gasteiger partial charge in [-0.2, -0.15) is 0 Å². The zero-order chi connectivity index (χ0) is 48.0. The molecule has 4 heteroatoms. The molecule has 4 aliphatic rings. The van der Waals surface area contributed by atoms with E-state index in [1.807, 2.05) is 42.5 Å². The van der Waals surface area contributed by atoms with Crippen LogP contribution in [0, 0.1) is 11.3 Å². The maximum Gasteiger partial charge on any atom is 0.0641 e. The summed E-state index contributed by atoms with van der Waals surface area (Å²) in [6.07, 6.45) is 22.8. The van der Waals surface area contributed by atoms with Crippen molar-refractivity contribution in [2.24, 2.45) is 5.92 Å². The Balaban J connectivity index is 0.910. The number of aromatic nitrogens is 1. The van der Waals surface area contributed by atoms with E-state index < -0.39 is 0 Å². The molecule has 1 aliphatic heterocycles. The van der Waals surface area contributed by atoms with Gasteiger partial charge in [-0.25, -0.2) is 0 Å². The fourth-order valence-corrected chi connectivity index (χ4v) is 11.7. The number of benzene rings is 8. The number of hydrogen-bond donors (Lipinski definition) is 2. The number of para-hydroxylation sites is 4. The van der Waals surface area contributed by atoms with Crippen molar-refractivity contribution in [1.29, 1.82) is 5.41 Å². The molecule has 0 fully saturated rings. The zero-order valence-electron chi connectivity index (χ0n) is 39.9. The molecule has 0 saturated heterocycles. The highest BCUT2D eigenvalue weighted by molar-refractivity contribution is 6.13.